The zero-order valence-corrected chi connectivity index (χ0v) is 22.1. The number of carbonyl (C=O) groups is 1. The molecule has 3 saturated carbocycles. The predicted molar refractivity (Wildman–Crippen MR) is 132 cm³/mol. The van der Waals surface area contributed by atoms with Gasteiger partial charge in [-0.15, -0.1) is 0 Å². The average molecular weight is 458 g/mol. The van der Waals surface area contributed by atoms with Crippen molar-refractivity contribution in [2.45, 2.75) is 105 Å². The molecule has 33 heavy (non-hydrogen) atoms. The minimum Gasteiger partial charge on any atom is -0.467 e. The van der Waals surface area contributed by atoms with Crippen LogP contribution in [0.25, 0.3) is 0 Å². The van der Waals surface area contributed by atoms with Gasteiger partial charge >= 0.3 is 0 Å². The molecule has 186 valence electrons. The first-order chi connectivity index (χ1) is 15.5. The molecule has 8 atom stereocenters. The summed E-state index contributed by atoms with van der Waals surface area (Å²) in [7, 11) is 0. The van der Waals surface area contributed by atoms with Gasteiger partial charge in [0.1, 0.15) is 11.4 Å². The molecule has 4 nitrogen and oxygen atoms in total. The number of amides is 1. The van der Waals surface area contributed by atoms with Crippen LogP contribution in [0.4, 0.5) is 0 Å². The summed E-state index contributed by atoms with van der Waals surface area (Å²) in [6.45, 7) is 16.6. The highest BCUT2D eigenvalue weighted by molar-refractivity contribution is 5.86. The van der Waals surface area contributed by atoms with E-state index in [1.54, 1.807) is 6.26 Å². The summed E-state index contributed by atoms with van der Waals surface area (Å²) in [5.74, 6) is 3.65. The first-order valence-corrected chi connectivity index (χ1v) is 13.5. The Morgan fingerprint density at radius 2 is 1.82 bits per heavy atom. The topological polar surface area (TPSA) is 53.7 Å². The summed E-state index contributed by atoms with van der Waals surface area (Å²) in [5.41, 5.74) is -1.39. The highest BCUT2D eigenvalue weighted by Gasteiger charge is 2.63. The number of hydrogen-bond acceptors (Lipinski definition) is 3. The van der Waals surface area contributed by atoms with Gasteiger partial charge in [0.15, 0.2) is 0 Å². The molecule has 3 aliphatic rings. The Hall–Kier alpha value is -1.29. The van der Waals surface area contributed by atoms with Crippen LogP contribution < -0.4 is 0 Å². The number of nitrogens with zero attached hydrogens (tertiary/aromatic N) is 1. The van der Waals surface area contributed by atoms with E-state index in [1.165, 1.54) is 12.8 Å². The summed E-state index contributed by atoms with van der Waals surface area (Å²) in [5, 5.41) is 12.4. The molecule has 0 aromatic carbocycles. The second-order valence-corrected chi connectivity index (χ2v) is 12.6. The molecule has 4 rings (SSSR count). The van der Waals surface area contributed by atoms with Gasteiger partial charge in [0.25, 0.3) is 5.91 Å². The molecule has 0 aliphatic heterocycles. The van der Waals surface area contributed by atoms with E-state index in [0.717, 1.165) is 31.4 Å². The predicted octanol–water partition coefficient (Wildman–Crippen LogP) is 6.85. The van der Waals surface area contributed by atoms with Crippen molar-refractivity contribution in [3.05, 3.63) is 24.2 Å². The number of hydrogen-bond donors (Lipinski definition) is 1. The SMILES string of the molecule is CCN(C(=O)C1(O)CC[C@@H](C)[C@H]2C[C@@H]3CC[C@@H](C)[C@H](CC[C@@]21C)C3(C)C)C(C)c1ccco1. The Labute approximate surface area is 201 Å². The van der Waals surface area contributed by atoms with Gasteiger partial charge in [-0.25, -0.2) is 0 Å². The van der Waals surface area contributed by atoms with Gasteiger partial charge in [0.2, 0.25) is 0 Å². The standard InChI is InChI=1S/C29H47NO3/c1-8-30(21(4)25-10-9-17-33-25)26(31)29(32)16-13-20(3)24-18-22-12-11-19(2)23(27(22,5)6)14-15-28(24,29)7/h9-10,17,19-24,32H,8,11-16,18H2,1-7H3/t19-,20-,21?,22+,23+,24-,28+,29?/m1/s1. The van der Waals surface area contributed by atoms with E-state index in [0.29, 0.717) is 48.0 Å². The first kappa shape index (κ1) is 24.8. The molecule has 3 aliphatic carbocycles. The zero-order chi connectivity index (χ0) is 24.2. The lowest BCUT2D eigenvalue weighted by atomic mass is 9.45. The van der Waals surface area contributed by atoms with Crippen molar-refractivity contribution in [3.8, 4) is 0 Å². The van der Waals surface area contributed by atoms with Crippen molar-refractivity contribution in [2.75, 3.05) is 6.54 Å². The number of aliphatic hydroxyl groups is 1. The van der Waals surface area contributed by atoms with Gasteiger partial charge in [-0.1, -0.05) is 41.0 Å². The van der Waals surface area contributed by atoms with Crippen molar-refractivity contribution in [3.63, 3.8) is 0 Å². The average Bonchev–Trinajstić information content (AvgIpc) is 3.30. The molecule has 1 aromatic heterocycles. The third-order valence-electron chi connectivity index (χ3n) is 11.0. The fourth-order valence-corrected chi connectivity index (χ4v) is 8.52. The molecule has 0 spiro atoms. The van der Waals surface area contributed by atoms with Gasteiger partial charge in [-0.3, -0.25) is 4.79 Å². The molecule has 4 heteroatoms. The summed E-state index contributed by atoms with van der Waals surface area (Å²) < 4.78 is 5.64. The minimum absolute atomic E-state index is 0.0914. The smallest absolute Gasteiger partial charge is 0.255 e. The molecule has 1 heterocycles. The molecule has 0 radical (unpaired) electrons. The molecule has 0 saturated heterocycles. The largest absolute Gasteiger partial charge is 0.467 e. The Bertz CT molecular complexity index is 832. The molecular weight excluding hydrogens is 410 g/mol. The quantitative estimate of drug-likeness (QED) is 0.538. The molecule has 1 N–H and O–H groups in total. The highest BCUT2D eigenvalue weighted by Crippen LogP contribution is 2.63. The number of carbonyl (C=O) groups excluding carboxylic acids is 1. The second kappa shape index (κ2) is 8.73. The van der Waals surface area contributed by atoms with Crippen molar-refractivity contribution in [1.82, 2.24) is 4.90 Å². The summed E-state index contributed by atoms with van der Waals surface area (Å²) in [6, 6.07) is 3.61. The fraction of sp³-hybridized carbons (Fsp3) is 0.828. The Balaban J connectivity index is 1.71. The third kappa shape index (κ3) is 3.79. The van der Waals surface area contributed by atoms with Crippen LogP contribution in [0.2, 0.25) is 0 Å². The summed E-state index contributed by atoms with van der Waals surface area (Å²) >= 11 is 0. The van der Waals surface area contributed by atoms with E-state index in [2.05, 4.69) is 34.6 Å². The summed E-state index contributed by atoms with van der Waals surface area (Å²) in [4.78, 5) is 16.1. The van der Waals surface area contributed by atoms with Crippen molar-refractivity contribution in [2.24, 2.45) is 40.4 Å². The lowest BCUT2D eigenvalue weighted by Gasteiger charge is -2.61. The monoisotopic (exact) mass is 457 g/mol. The van der Waals surface area contributed by atoms with Crippen LogP contribution in [-0.4, -0.2) is 28.1 Å². The van der Waals surface area contributed by atoms with Crippen molar-refractivity contribution < 1.29 is 14.3 Å². The van der Waals surface area contributed by atoms with Crippen molar-refractivity contribution in [1.29, 1.82) is 0 Å². The molecular formula is C29H47NO3. The Morgan fingerprint density at radius 3 is 2.45 bits per heavy atom. The van der Waals surface area contributed by atoms with Crippen LogP contribution >= 0.6 is 0 Å². The minimum atomic E-state index is -1.32. The lowest BCUT2D eigenvalue weighted by molar-refractivity contribution is -0.202. The van der Waals surface area contributed by atoms with Gasteiger partial charge in [-0.2, -0.15) is 0 Å². The maximum absolute atomic E-state index is 14.2. The van der Waals surface area contributed by atoms with E-state index in [9.17, 15) is 9.90 Å². The van der Waals surface area contributed by atoms with Crippen LogP contribution in [0.1, 0.15) is 105 Å². The molecule has 1 amide bonds. The van der Waals surface area contributed by atoms with Gasteiger partial charge in [0, 0.05) is 12.0 Å². The van der Waals surface area contributed by atoms with Crippen LogP contribution in [0.5, 0.6) is 0 Å². The van der Waals surface area contributed by atoms with Crippen LogP contribution in [0, 0.1) is 40.4 Å². The van der Waals surface area contributed by atoms with Crippen LogP contribution in [-0.2, 0) is 4.79 Å². The maximum atomic E-state index is 14.2. The summed E-state index contributed by atoms with van der Waals surface area (Å²) in [6.07, 6.45) is 8.94. The Kier molecular flexibility index (Phi) is 6.57. The maximum Gasteiger partial charge on any atom is 0.255 e. The van der Waals surface area contributed by atoms with E-state index in [-0.39, 0.29) is 11.9 Å². The first-order valence-electron chi connectivity index (χ1n) is 13.5. The van der Waals surface area contributed by atoms with Crippen LogP contribution in [0.15, 0.2) is 22.8 Å². The van der Waals surface area contributed by atoms with E-state index >= 15 is 0 Å². The van der Waals surface area contributed by atoms with Crippen LogP contribution in [0.3, 0.4) is 0 Å². The molecule has 1 aromatic rings. The normalized spacial score (nSPS) is 41.4. The van der Waals surface area contributed by atoms with Gasteiger partial charge < -0.3 is 14.4 Å². The third-order valence-corrected chi connectivity index (χ3v) is 11.0. The zero-order valence-electron chi connectivity index (χ0n) is 22.1. The van der Waals surface area contributed by atoms with E-state index in [4.69, 9.17) is 4.42 Å². The second-order valence-electron chi connectivity index (χ2n) is 12.6. The van der Waals surface area contributed by atoms with Crippen molar-refractivity contribution >= 4 is 5.91 Å². The number of fused-ring (bicyclic) bond motifs is 3. The number of rotatable bonds is 4. The lowest BCUT2D eigenvalue weighted by Crippen LogP contribution is -2.65. The number of furan rings is 1. The van der Waals surface area contributed by atoms with E-state index < -0.39 is 11.0 Å². The van der Waals surface area contributed by atoms with Gasteiger partial charge in [-0.05, 0) is 99.5 Å². The van der Waals surface area contributed by atoms with Gasteiger partial charge in [0.05, 0.1) is 12.3 Å². The van der Waals surface area contributed by atoms with E-state index in [1.807, 2.05) is 30.9 Å². The Morgan fingerprint density at radius 1 is 1.12 bits per heavy atom. The molecule has 2 unspecified atom stereocenters. The highest BCUT2D eigenvalue weighted by atomic mass is 16.3. The number of likely N-dealkylation sites (N-methyl/N-ethyl adjacent to an activating group) is 1. The fourth-order valence-electron chi connectivity index (χ4n) is 8.52. The molecule has 3 fully saturated rings. The molecule has 2 bridgehead atoms.